The van der Waals surface area contributed by atoms with Crippen LogP contribution in [0.3, 0.4) is 0 Å². The maximum absolute atomic E-state index is 2.28. The summed E-state index contributed by atoms with van der Waals surface area (Å²) in [7, 11) is 2.13. The van der Waals surface area contributed by atoms with Gasteiger partial charge in [-0.05, 0) is 89.3 Å². The van der Waals surface area contributed by atoms with E-state index < -0.39 is 0 Å². The SMILES string of the molecule is CN(c1ccc(N(c2ccccc2)c2ccccc2)cc1)c1cccc(-c2ccc(Cc3ccccc3)cc2)c1. The van der Waals surface area contributed by atoms with Gasteiger partial charge >= 0.3 is 0 Å². The van der Waals surface area contributed by atoms with Gasteiger partial charge in [-0.15, -0.1) is 0 Å². The molecule has 0 atom stereocenters. The highest BCUT2D eigenvalue weighted by Crippen LogP contribution is 2.36. The van der Waals surface area contributed by atoms with Crippen molar-refractivity contribution in [2.75, 3.05) is 16.8 Å². The number of rotatable bonds is 8. The minimum Gasteiger partial charge on any atom is -0.345 e. The second kappa shape index (κ2) is 11.8. The third-order valence-corrected chi connectivity index (χ3v) is 7.30. The first-order valence-corrected chi connectivity index (χ1v) is 13.7. The molecule has 0 saturated carbocycles. The van der Waals surface area contributed by atoms with E-state index in [1.165, 1.54) is 22.3 Å². The Morgan fingerprint density at radius 2 is 0.850 bits per heavy atom. The molecule has 0 N–H and O–H groups in total. The Hall–Kier alpha value is -5.08. The molecule has 0 fully saturated rings. The quantitative estimate of drug-likeness (QED) is 0.199. The highest BCUT2D eigenvalue weighted by molar-refractivity contribution is 5.78. The van der Waals surface area contributed by atoms with Gasteiger partial charge in [-0.2, -0.15) is 0 Å². The van der Waals surface area contributed by atoms with Gasteiger partial charge < -0.3 is 9.80 Å². The van der Waals surface area contributed by atoms with Crippen LogP contribution in [0.2, 0.25) is 0 Å². The number of nitrogens with zero attached hydrogens (tertiary/aromatic N) is 2. The lowest BCUT2D eigenvalue weighted by atomic mass is 10.00. The molecule has 6 aromatic carbocycles. The van der Waals surface area contributed by atoms with Crippen LogP contribution >= 0.6 is 0 Å². The van der Waals surface area contributed by atoms with Crippen LogP contribution in [0, 0.1) is 0 Å². The van der Waals surface area contributed by atoms with Crippen LogP contribution in [0.4, 0.5) is 28.4 Å². The molecule has 0 spiro atoms. The van der Waals surface area contributed by atoms with Crippen LogP contribution < -0.4 is 9.80 Å². The third kappa shape index (κ3) is 5.67. The zero-order chi connectivity index (χ0) is 27.1. The van der Waals surface area contributed by atoms with Crippen LogP contribution in [-0.2, 0) is 6.42 Å². The van der Waals surface area contributed by atoms with E-state index in [2.05, 4.69) is 181 Å². The largest absolute Gasteiger partial charge is 0.345 e. The predicted octanol–water partition coefficient (Wildman–Crippen LogP) is 10.2. The average Bonchev–Trinajstić information content (AvgIpc) is 3.03. The summed E-state index contributed by atoms with van der Waals surface area (Å²) in [5, 5.41) is 0. The maximum atomic E-state index is 2.28. The molecule has 0 amide bonds. The second-order valence-electron chi connectivity index (χ2n) is 9.99. The average molecular weight is 517 g/mol. The molecule has 0 saturated heterocycles. The van der Waals surface area contributed by atoms with E-state index in [-0.39, 0.29) is 0 Å². The molecule has 0 radical (unpaired) electrons. The molecular formula is C38H32N2. The molecule has 2 nitrogen and oxygen atoms in total. The number of hydrogen-bond donors (Lipinski definition) is 0. The molecular weight excluding hydrogens is 484 g/mol. The van der Waals surface area contributed by atoms with Gasteiger partial charge in [-0.3, -0.25) is 0 Å². The van der Waals surface area contributed by atoms with Gasteiger partial charge in [-0.1, -0.05) is 103 Å². The van der Waals surface area contributed by atoms with Crippen molar-refractivity contribution in [1.29, 1.82) is 0 Å². The van der Waals surface area contributed by atoms with E-state index in [0.717, 1.165) is 34.9 Å². The molecule has 194 valence electrons. The molecule has 0 bridgehead atoms. The van der Waals surface area contributed by atoms with Gasteiger partial charge in [0.25, 0.3) is 0 Å². The van der Waals surface area contributed by atoms with E-state index >= 15 is 0 Å². The summed E-state index contributed by atoms with van der Waals surface area (Å²) in [5.74, 6) is 0. The van der Waals surface area contributed by atoms with E-state index in [0.29, 0.717) is 0 Å². The number of anilines is 5. The second-order valence-corrected chi connectivity index (χ2v) is 9.99. The van der Waals surface area contributed by atoms with Crippen LogP contribution in [0.25, 0.3) is 11.1 Å². The Morgan fingerprint density at radius 1 is 0.375 bits per heavy atom. The zero-order valence-electron chi connectivity index (χ0n) is 22.7. The lowest BCUT2D eigenvalue weighted by molar-refractivity contribution is 1.19. The van der Waals surface area contributed by atoms with Crippen LogP contribution in [0.5, 0.6) is 0 Å². The first kappa shape index (κ1) is 25.2. The smallest absolute Gasteiger partial charge is 0.0463 e. The van der Waals surface area contributed by atoms with Crippen LogP contribution in [0.1, 0.15) is 11.1 Å². The first-order valence-electron chi connectivity index (χ1n) is 13.7. The monoisotopic (exact) mass is 516 g/mol. The number of benzene rings is 6. The molecule has 0 unspecified atom stereocenters. The van der Waals surface area contributed by atoms with Gasteiger partial charge in [0.05, 0.1) is 0 Å². The van der Waals surface area contributed by atoms with Gasteiger partial charge in [0, 0.05) is 35.5 Å². The summed E-state index contributed by atoms with van der Waals surface area (Å²) in [4.78, 5) is 4.53. The van der Waals surface area contributed by atoms with E-state index in [9.17, 15) is 0 Å². The van der Waals surface area contributed by atoms with Gasteiger partial charge in [0.1, 0.15) is 0 Å². The Morgan fingerprint density at radius 3 is 1.45 bits per heavy atom. The molecule has 2 heteroatoms. The van der Waals surface area contributed by atoms with Crippen molar-refractivity contribution in [3.63, 3.8) is 0 Å². The van der Waals surface area contributed by atoms with Crippen molar-refractivity contribution in [3.05, 3.63) is 175 Å². The van der Waals surface area contributed by atoms with Crippen molar-refractivity contribution < 1.29 is 0 Å². The molecule has 6 aromatic rings. The minimum absolute atomic E-state index is 0.950. The summed E-state index contributed by atoms with van der Waals surface area (Å²) in [6, 6.07) is 58.1. The molecule has 0 aliphatic carbocycles. The zero-order valence-corrected chi connectivity index (χ0v) is 22.7. The fraction of sp³-hybridized carbons (Fsp3) is 0.0526. The van der Waals surface area contributed by atoms with Gasteiger partial charge in [-0.25, -0.2) is 0 Å². The molecule has 6 rings (SSSR count). The first-order chi connectivity index (χ1) is 19.7. The van der Waals surface area contributed by atoms with Gasteiger partial charge in [0.2, 0.25) is 0 Å². The lowest BCUT2D eigenvalue weighted by Crippen LogP contribution is -2.11. The Labute approximate surface area is 237 Å². The predicted molar refractivity (Wildman–Crippen MR) is 170 cm³/mol. The van der Waals surface area contributed by atoms with Crippen molar-refractivity contribution in [3.8, 4) is 11.1 Å². The molecule has 40 heavy (non-hydrogen) atoms. The normalized spacial score (nSPS) is 10.7. The lowest BCUT2D eigenvalue weighted by Gasteiger charge is -2.26. The van der Waals surface area contributed by atoms with E-state index in [1.807, 2.05) is 0 Å². The highest BCUT2D eigenvalue weighted by atomic mass is 15.1. The Kier molecular flexibility index (Phi) is 7.41. The number of para-hydroxylation sites is 2. The summed E-state index contributed by atoms with van der Waals surface area (Å²) in [6.07, 6.45) is 0.950. The standard InChI is InChI=1S/C38H32N2/c1-39(34-24-26-37(27-25-34)40(35-15-7-3-8-16-35)36-17-9-4-10-18-36)38-19-11-14-33(29-38)32-22-20-31(21-23-32)28-30-12-5-2-6-13-30/h2-27,29H,28H2,1H3. The molecule has 0 aliphatic heterocycles. The highest BCUT2D eigenvalue weighted by Gasteiger charge is 2.13. The van der Waals surface area contributed by atoms with Crippen molar-refractivity contribution in [2.24, 2.45) is 0 Å². The Bertz CT molecular complexity index is 1600. The van der Waals surface area contributed by atoms with Gasteiger partial charge in [0.15, 0.2) is 0 Å². The maximum Gasteiger partial charge on any atom is 0.0463 e. The fourth-order valence-electron chi connectivity index (χ4n) is 5.12. The summed E-state index contributed by atoms with van der Waals surface area (Å²) in [6.45, 7) is 0. The number of hydrogen-bond acceptors (Lipinski definition) is 2. The summed E-state index contributed by atoms with van der Waals surface area (Å²) < 4.78 is 0. The summed E-state index contributed by atoms with van der Waals surface area (Å²) >= 11 is 0. The van der Waals surface area contributed by atoms with Crippen molar-refractivity contribution in [1.82, 2.24) is 0 Å². The Balaban J connectivity index is 1.22. The fourth-order valence-corrected chi connectivity index (χ4v) is 5.12. The van der Waals surface area contributed by atoms with E-state index in [1.54, 1.807) is 0 Å². The molecule has 0 aromatic heterocycles. The summed E-state index contributed by atoms with van der Waals surface area (Å²) in [5.41, 5.74) is 10.8. The van der Waals surface area contributed by atoms with E-state index in [4.69, 9.17) is 0 Å². The third-order valence-electron chi connectivity index (χ3n) is 7.30. The molecule has 0 heterocycles. The molecule has 0 aliphatic rings. The van der Waals surface area contributed by atoms with Crippen LogP contribution in [0.15, 0.2) is 164 Å². The topological polar surface area (TPSA) is 6.48 Å². The van der Waals surface area contributed by atoms with Crippen LogP contribution in [-0.4, -0.2) is 7.05 Å². The van der Waals surface area contributed by atoms with Crippen molar-refractivity contribution in [2.45, 2.75) is 6.42 Å². The minimum atomic E-state index is 0.950. The van der Waals surface area contributed by atoms with Crippen molar-refractivity contribution >= 4 is 28.4 Å².